The number of hydrogen-bond donors (Lipinski definition) is 0. The number of carbonyl (C=O) groups excluding carboxylic acids is 1. The minimum Gasteiger partial charge on any atom is -0.462 e. The van der Waals surface area contributed by atoms with Gasteiger partial charge in [-0.1, -0.05) is 38.3 Å². The lowest BCUT2D eigenvalue weighted by Gasteiger charge is -2.14. The second-order valence-electron chi connectivity index (χ2n) is 4.74. The molecule has 1 rings (SSSR count). The molecule has 1 unspecified atom stereocenters. The summed E-state index contributed by atoms with van der Waals surface area (Å²) >= 11 is 0. The normalized spacial score (nSPS) is 13.8. The zero-order valence-corrected chi connectivity index (χ0v) is 13.3. The molecular formula is C15H23O4P. The zero-order chi connectivity index (χ0) is 15.0. The summed E-state index contributed by atoms with van der Waals surface area (Å²) in [5.74, 6) is -0.434. The van der Waals surface area contributed by atoms with Crippen molar-refractivity contribution in [3.63, 3.8) is 0 Å². The van der Waals surface area contributed by atoms with E-state index >= 15 is 0 Å². The van der Waals surface area contributed by atoms with Crippen LogP contribution in [0.3, 0.4) is 0 Å². The van der Waals surface area contributed by atoms with Crippen molar-refractivity contribution >= 4 is 18.6 Å². The molecule has 0 heterocycles. The second kappa shape index (κ2) is 8.23. The van der Waals surface area contributed by atoms with Crippen LogP contribution in [-0.4, -0.2) is 26.4 Å². The van der Waals surface area contributed by atoms with Gasteiger partial charge in [-0.2, -0.15) is 0 Å². The maximum absolute atomic E-state index is 12.3. The number of esters is 1. The van der Waals surface area contributed by atoms with E-state index in [1.807, 2.05) is 0 Å². The van der Waals surface area contributed by atoms with Gasteiger partial charge >= 0.3 is 5.97 Å². The van der Waals surface area contributed by atoms with Crippen LogP contribution in [0.1, 0.15) is 43.0 Å². The maximum Gasteiger partial charge on any atom is 0.338 e. The van der Waals surface area contributed by atoms with Crippen LogP contribution in [-0.2, 0) is 13.8 Å². The van der Waals surface area contributed by atoms with Crippen molar-refractivity contribution in [2.24, 2.45) is 0 Å². The van der Waals surface area contributed by atoms with Gasteiger partial charge in [0.2, 0.25) is 7.37 Å². The Morgan fingerprint density at radius 1 is 1.20 bits per heavy atom. The number of benzene rings is 1. The molecule has 0 radical (unpaired) electrons. The van der Waals surface area contributed by atoms with Crippen molar-refractivity contribution in [1.29, 1.82) is 0 Å². The van der Waals surface area contributed by atoms with E-state index in [1.165, 1.54) is 13.8 Å². The minimum absolute atomic E-state index is 0.329. The third-order valence-electron chi connectivity index (χ3n) is 3.14. The first-order chi connectivity index (χ1) is 9.53. The number of rotatable bonds is 8. The first kappa shape index (κ1) is 16.9. The molecule has 0 aliphatic rings. The summed E-state index contributed by atoms with van der Waals surface area (Å²) in [6.07, 6.45) is 4.19. The molecule has 1 aromatic carbocycles. The van der Waals surface area contributed by atoms with Gasteiger partial charge in [-0.3, -0.25) is 4.57 Å². The Balaban J connectivity index is 2.71. The first-order valence-corrected chi connectivity index (χ1v) is 9.00. The van der Waals surface area contributed by atoms with Gasteiger partial charge in [0.15, 0.2) is 0 Å². The van der Waals surface area contributed by atoms with Crippen LogP contribution in [0.15, 0.2) is 24.3 Å². The van der Waals surface area contributed by atoms with Gasteiger partial charge in [0.1, 0.15) is 0 Å². The Morgan fingerprint density at radius 3 is 2.55 bits per heavy atom. The largest absolute Gasteiger partial charge is 0.462 e. The SMILES string of the molecule is CCCCCCOC(=O)c1ccccc1P(C)(=O)OC. The monoisotopic (exact) mass is 298 g/mol. The fraction of sp³-hybridized carbons (Fsp3) is 0.533. The van der Waals surface area contributed by atoms with Gasteiger partial charge in [-0.15, -0.1) is 0 Å². The molecule has 0 aliphatic heterocycles. The fourth-order valence-corrected chi connectivity index (χ4v) is 3.03. The van der Waals surface area contributed by atoms with Crippen LogP contribution in [0, 0.1) is 0 Å². The van der Waals surface area contributed by atoms with Crippen LogP contribution >= 0.6 is 7.37 Å². The van der Waals surface area contributed by atoms with E-state index in [4.69, 9.17) is 9.26 Å². The van der Waals surface area contributed by atoms with E-state index in [9.17, 15) is 9.36 Å². The summed E-state index contributed by atoms with van der Waals surface area (Å²) in [7, 11) is -1.59. The number of carbonyl (C=O) groups is 1. The van der Waals surface area contributed by atoms with Crippen molar-refractivity contribution in [2.75, 3.05) is 20.4 Å². The van der Waals surface area contributed by atoms with E-state index in [1.54, 1.807) is 24.3 Å². The Bertz CT molecular complexity index is 485. The molecule has 112 valence electrons. The third-order valence-corrected chi connectivity index (χ3v) is 5.10. The van der Waals surface area contributed by atoms with Crippen molar-refractivity contribution in [3.05, 3.63) is 29.8 Å². The maximum atomic E-state index is 12.3. The second-order valence-corrected chi connectivity index (χ2v) is 7.28. The molecular weight excluding hydrogens is 275 g/mol. The predicted molar refractivity (Wildman–Crippen MR) is 81.0 cm³/mol. The van der Waals surface area contributed by atoms with E-state index in [2.05, 4.69) is 6.92 Å². The average Bonchev–Trinajstić information content (AvgIpc) is 2.47. The van der Waals surface area contributed by atoms with Gasteiger partial charge in [0.05, 0.1) is 17.5 Å². The highest BCUT2D eigenvalue weighted by atomic mass is 31.2. The predicted octanol–water partition coefficient (Wildman–Crippen LogP) is 3.60. The summed E-state index contributed by atoms with van der Waals surface area (Å²) in [6.45, 7) is 4.03. The molecule has 0 amide bonds. The lowest BCUT2D eigenvalue weighted by atomic mass is 10.2. The van der Waals surface area contributed by atoms with Crippen LogP contribution in [0.25, 0.3) is 0 Å². The van der Waals surface area contributed by atoms with Gasteiger partial charge in [-0.25, -0.2) is 4.79 Å². The minimum atomic E-state index is -2.97. The van der Waals surface area contributed by atoms with Crippen molar-refractivity contribution in [1.82, 2.24) is 0 Å². The standard InChI is InChI=1S/C15H23O4P/c1-4-5-6-9-12-19-15(16)13-10-7-8-11-14(13)20(3,17)18-2/h7-8,10-11H,4-6,9,12H2,1-3H3. The summed E-state index contributed by atoms with van der Waals surface area (Å²) in [6, 6.07) is 6.74. The summed E-state index contributed by atoms with van der Waals surface area (Å²) in [5, 5.41) is 0.418. The van der Waals surface area contributed by atoms with Gasteiger partial charge in [0.25, 0.3) is 0 Å². The van der Waals surface area contributed by atoms with E-state index in [0.717, 1.165) is 25.7 Å². The summed E-state index contributed by atoms with van der Waals surface area (Å²) in [4.78, 5) is 12.1. The van der Waals surface area contributed by atoms with E-state index in [-0.39, 0.29) is 0 Å². The first-order valence-electron chi connectivity index (χ1n) is 6.93. The fourth-order valence-electron chi connectivity index (χ4n) is 1.87. The Kier molecular flexibility index (Phi) is 6.97. The highest BCUT2D eigenvalue weighted by molar-refractivity contribution is 7.66. The smallest absolute Gasteiger partial charge is 0.338 e. The van der Waals surface area contributed by atoms with Crippen molar-refractivity contribution in [2.45, 2.75) is 32.6 Å². The molecule has 20 heavy (non-hydrogen) atoms. The quantitative estimate of drug-likeness (QED) is 0.418. The molecule has 1 atom stereocenters. The highest BCUT2D eigenvalue weighted by Crippen LogP contribution is 2.41. The van der Waals surface area contributed by atoms with E-state index in [0.29, 0.717) is 17.5 Å². The molecule has 0 aliphatic carbocycles. The molecule has 0 fully saturated rings. The van der Waals surface area contributed by atoms with E-state index < -0.39 is 13.3 Å². The average molecular weight is 298 g/mol. The number of unbranched alkanes of at least 4 members (excludes halogenated alkanes) is 3. The number of ether oxygens (including phenoxy) is 1. The molecule has 0 spiro atoms. The Morgan fingerprint density at radius 2 is 1.90 bits per heavy atom. The molecule has 0 aromatic heterocycles. The summed E-state index contributed by atoms with van der Waals surface area (Å²) in [5.41, 5.74) is 0.329. The van der Waals surface area contributed by atoms with Gasteiger partial charge in [-0.05, 0) is 18.6 Å². The lowest BCUT2D eigenvalue weighted by Crippen LogP contribution is -2.18. The topological polar surface area (TPSA) is 52.6 Å². The van der Waals surface area contributed by atoms with Gasteiger partial charge in [0, 0.05) is 13.8 Å². The molecule has 0 N–H and O–H groups in total. The molecule has 0 saturated heterocycles. The van der Waals surface area contributed by atoms with Crippen LogP contribution < -0.4 is 5.30 Å². The van der Waals surface area contributed by atoms with Crippen molar-refractivity contribution < 1.29 is 18.6 Å². The molecule has 4 nitrogen and oxygen atoms in total. The lowest BCUT2D eigenvalue weighted by molar-refractivity contribution is 0.0499. The molecule has 1 aromatic rings. The van der Waals surface area contributed by atoms with Crippen molar-refractivity contribution in [3.8, 4) is 0 Å². The van der Waals surface area contributed by atoms with Gasteiger partial charge < -0.3 is 9.26 Å². The summed E-state index contributed by atoms with van der Waals surface area (Å²) < 4.78 is 22.6. The number of hydrogen-bond acceptors (Lipinski definition) is 4. The Hall–Kier alpha value is -1.12. The Labute approximate surface area is 120 Å². The molecule has 0 bridgehead atoms. The molecule has 5 heteroatoms. The van der Waals surface area contributed by atoms with Crippen LogP contribution in [0.5, 0.6) is 0 Å². The van der Waals surface area contributed by atoms with Crippen LogP contribution in [0.4, 0.5) is 0 Å². The third kappa shape index (κ3) is 4.77. The zero-order valence-electron chi connectivity index (χ0n) is 12.4. The highest BCUT2D eigenvalue weighted by Gasteiger charge is 2.24. The molecule has 0 saturated carbocycles. The van der Waals surface area contributed by atoms with Crippen LogP contribution in [0.2, 0.25) is 0 Å².